The molecular weight excluding hydrogens is 228 g/mol. The molecule has 1 aromatic heterocycles. The second-order valence-electron chi connectivity index (χ2n) is 2.73. The first-order chi connectivity index (χ1) is 5.41. The predicted molar refractivity (Wildman–Crippen MR) is 46.2 cm³/mol. The van der Waals surface area contributed by atoms with Crippen LogP contribution < -0.4 is 0 Å². The van der Waals surface area contributed by atoms with Crippen molar-refractivity contribution in [3.8, 4) is 0 Å². The molecule has 0 saturated carbocycles. The molecule has 4 heteroatoms. The normalized spacial score (nSPS) is 11.8. The van der Waals surface area contributed by atoms with Gasteiger partial charge in [0.25, 0.3) is 5.92 Å². The minimum Gasteiger partial charge on any atom is -0.254 e. The number of hydrogen-bond donors (Lipinski definition) is 0. The fourth-order valence-electron chi connectivity index (χ4n) is 0.857. The molecule has 1 nitrogen and oxygen atoms in total. The van der Waals surface area contributed by atoms with Crippen molar-refractivity contribution in [2.45, 2.75) is 19.8 Å². The maximum absolute atomic E-state index is 12.8. The summed E-state index contributed by atoms with van der Waals surface area (Å²) in [5.74, 6) is -2.88. The molecule has 0 aromatic carbocycles. The van der Waals surface area contributed by atoms with Gasteiger partial charge in [0.2, 0.25) is 0 Å². The van der Waals surface area contributed by atoms with E-state index < -0.39 is 5.92 Å². The lowest BCUT2D eigenvalue weighted by atomic mass is 10.2. The third-order valence-electron chi connectivity index (χ3n) is 1.39. The quantitative estimate of drug-likeness (QED) is 0.729. The zero-order chi connectivity index (χ0) is 9.35. The molecule has 0 aliphatic rings. The van der Waals surface area contributed by atoms with Gasteiger partial charge in [-0.25, -0.2) is 0 Å². The molecule has 0 atom stereocenters. The fraction of sp³-hybridized carbons (Fsp3) is 0.375. The predicted octanol–water partition coefficient (Wildman–Crippen LogP) is 3.26. The monoisotopic (exact) mass is 235 g/mol. The highest BCUT2D eigenvalue weighted by atomic mass is 79.9. The number of nitrogens with zero attached hydrogens (tertiary/aromatic N) is 1. The Labute approximate surface area is 77.9 Å². The van der Waals surface area contributed by atoms with Crippen LogP contribution in [0.5, 0.6) is 0 Å². The van der Waals surface area contributed by atoms with Crippen LogP contribution in [0.2, 0.25) is 0 Å². The molecule has 0 N–H and O–H groups in total. The Hall–Kier alpha value is -0.510. The van der Waals surface area contributed by atoms with E-state index in [4.69, 9.17) is 0 Å². The summed E-state index contributed by atoms with van der Waals surface area (Å²) < 4.78 is 25.9. The van der Waals surface area contributed by atoms with Gasteiger partial charge >= 0.3 is 0 Å². The number of rotatable bonds is 1. The molecule has 0 amide bonds. The number of hydrogen-bond acceptors (Lipinski definition) is 1. The summed E-state index contributed by atoms with van der Waals surface area (Å²) in [5.41, 5.74) is 0.642. The smallest absolute Gasteiger partial charge is 0.254 e. The topological polar surface area (TPSA) is 12.9 Å². The Kier molecular flexibility index (Phi) is 2.46. The van der Waals surface area contributed by atoms with Crippen LogP contribution in [0.3, 0.4) is 0 Å². The molecule has 0 aliphatic heterocycles. The lowest BCUT2D eigenvalue weighted by Crippen LogP contribution is -2.10. The highest BCUT2D eigenvalue weighted by molar-refractivity contribution is 9.10. The lowest BCUT2D eigenvalue weighted by Gasteiger charge is -2.11. The standard InChI is InChI=1S/C8H8BrF2N/c1-5-3-6(9)7(12-4-5)8(2,10)11/h3-4H,1-2H3. The third kappa shape index (κ3) is 2.00. The molecule has 0 bridgehead atoms. The SMILES string of the molecule is Cc1cnc(C(C)(F)F)c(Br)c1. The van der Waals surface area contributed by atoms with E-state index in [1.165, 1.54) is 6.20 Å². The van der Waals surface area contributed by atoms with Gasteiger partial charge in [-0.1, -0.05) is 0 Å². The van der Waals surface area contributed by atoms with E-state index in [1.54, 1.807) is 13.0 Å². The van der Waals surface area contributed by atoms with E-state index >= 15 is 0 Å². The minimum absolute atomic E-state index is 0.215. The molecule has 12 heavy (non-hydrogen) atoms. The van der Waals surface area contributed by atoms with Crippen LogP contribution >= 0.6 is 15.9 Å². The number of halogens is 3. The van der Waals surface area contributed by atoms with Gasteiger partial charge < -0.3 is 0 Å². The molecule has 0 radical (unpaired) electrons. The third-order valence-corrected chi connectivity index (χ3v) is 2.00. The molecule has 1 aromatic rings. The van der Waals surface area contributed by atoms with Crippen LogP contribution in [0, 0.1) is 6.92 Å². The summed E-state index contributed by atoms with van der Waals surface area (Å²) in [6.45, 7) is 2.63. The van der Waals surface area contributed by atoms with Gasteiger partial charge in [-0.05, 0) is 34.5 Å². The van der Waals surface area contributed by atoms with Crippen molar-refractivity contribution in [3.05, 3.63) is 28.0 Å². The van der Waals surface area contributed by atoms with E-state index in [0.717, 1.165) is 12.5 Å². The van der Waals surface area contributed by atoms with E-state index in [-0.39, 0.29) is 5.69 Å². The maximum atomic E-state index is 12.8. The molecule has 0 unspecified atom stereocenters. The van der Waals surface area contributed by atoms with Crippen LogP contribution in [0.1, 0.15) is 18.2 Å². The summed E-state index contributed by atoms with van der Waals surface area (Å²) in [6, 6.07) is 1.62. The largest absolute Gasteiger partial charge is 0.288 e. The average molecular weight is 236 g/mol. The van der Waals surface area contributed by atoms with Gasteiger partial charge in [0, 0.05) is 17.6 Å². The molecule has 0 fully saturated rings. The van der Waals surface area contributed by atoms with Crippen LogP contribution in [-0.2, 0) is 5.92 Å². The Balaban J connectivity index is 3.19. The average Bonchev–Trinajstić information content (AvgIpc) is 1.83. The number of pyridine rings is 1. The Bertz CT molecular complexity index is 294. The molecular formula is C8H8BrF2N. The number of alkyl halides is 2. The summed E-state index contributed by atoms with van der Waals surface area (Å²) in [5, 5.41) is 0. The zero-order valence-electron chi connectivity index (χ0n) is 6.74. The minimum atomic E-state index is -2.88. The highest BCUT2D eigenvalue weighted by Gasteiger charge is 2.28. The maximum Gasteiger partial charge on any atom is 0.288 e. The second-order valence-corrected chi connectivity index (χ2v) is 3.59. The molecule has 0 spiro atoms. The number of aromatic nitrogens is 1. The van der Waals surface area contributed by atoms with Crippen LogP contribution in [0.15, 0.2) is 16.7 Å². The van der Waals surface area contributed by atoms with Crippen LogP contribution in [0.4, 0.5) is 8.78 Å². The lowest BCUT2D eigenvalue weighted by molar-refractivity contribution is 0.0119. The number of aryl methyl sites for hydroxylation is 1. The van der Waals surface area contributed by atoms with Gasteiger partial charge in [0.15, 0.2) is 0 Å². The van der Waals surface area contributed by atoms with Crippen molar-refractivity contribution in [3.63, 3.8) is 0 Å². The zero-order valence-corrected chi connectivity index (χ0v) is 8.32. The second kappa shape index (κ2) is 3.09. The van der Waals surface area contributed by atoms with E-state index in [0.29, 0.717) is 4.47 Å². The first-order valence-corrected chi connectivity index (χ1v) is 4.21. The van der Waals surface area contributed by atoms with Gasteiger partial charge in [0.05, 0.1) is 0 Å². The van der Waals surface area contributed by atoms with Crippen molar-refractivity contribution < 1.29 is 8.78 Å². The fourth-order valence-corrected chi connectivity index (χ4v) is 1.67. The molecule has 66 valence electrons. The van der Waals surface area contributed by atoms with Gasteiger partial charge in [-0.15, -0.1) is 0 Å². The van der Waals surface area contributed by atoms with Crippen molar-refractivity contribution in [2.24, 2.45) is 0 Å². The molecule has 0 saturated heterocycles. The first kappa shape index (κ1) is 9.58. The Morgan fingerprint density at radius 1 is 1.50 bits per heavy atom. The van der Waals surface area contributed by atoms with E-state index in [2.05, 4.69) is 20.9 Å². The summed E-state index contributed by atoms with van der Waals surface area (Å²) >= 11 is 3.04. The van der Waals surface area contributed by atoms with Gasteiger partial charge in [-0.3, -0.25) is 4.98 Å². The van der Waals surface area contributed by atoms with Crippen LogP contribution in [-0.4, -0.2) is 4.98 Å². The van der Waals surface area contributed by atoms with Crippen molar-refractivity contribution >= 4 is 15.9 Å². The molecule has 1 heterocycles. The first-order valence-electron chi connectivity index (χ1n) is 3.41. The molecule has 1 rings (SSSR count). The Morgan fingerprint density at radius 3 is 2.50 bits per heavy atom. The van der Waals surface area contributed by atoms with Crippen molar-refractivity contribution in [2.75, 3.05) is 0 Å². The summed E-state index contributed by atoms with van der Waals surface area (Å²) in [7, 11) is 0. The van der Waals surface area contributed by atoms with Crippen LogP contribution in [0.25, 0.3) is 0 Å². The van der Waals surface area contributed by atoms with E-state index in [9.17, 15) is 8.78 Å². The molecule has 0 aliphatic carbocycles. The highest BCUT2D eigenvalue weighted by Crippen LogP contribution is 2.31. The van der Waals surface area contributed by atoms with Crippen molar-refractivity contribution in [1.82, 2.24) is 4.98 Å². The van der Waals surface area contributed by atoms with Crippen molar-refractivity contribution in [1.29, 1.82) is 0 Å². The summed E-state index contributed by atoms with van der Waals surface area (Å²) in [6.07, 6.45) is 1.43. The Morgan fingerprint density at radius 2 is 2.08 bits per heavy atom. The van der Waals surface area contributed by atoms with E-state index in [1.807, 2.05) is 0 Å². The van der Waals surface area contributed by atoms with Gasteiger partial charge in [0.1, 0.15) is 5.69 Å². The summed E-state index contributed by atoms with van der Waals surface area (Å²) in [4.78, 5) is 3.65. The van der Waals surface area contributed by atoms with Gasteiger partial charge in [-0.2, -0.15) is 8.78 Å².